The van der Waals surface area contributed by atoms with Crippen LogP contribution < -0.4 is 16.4 Å². The second kappa shape index (κ2) is 13.0. The lowest BCUT2D eigenvalue weighted by molar-refractivity contribution is -0.139. The molecule has 0 aliphatic carbocycles. The molecule has 0 saturated carbocycles. The third-order valence-electron chi connectivity index (χ3n) is 5.05. The molecule has 0 aliphatic rings. The topological polar surface area (TPSA) is 151 Å². The summed E-state index contributed by atoms with van der Waals surface area (Å²) in [4.78, 5) is 51.6. The molecule has 4 amide bonds. The Kier molecular flexibility index (Phi) is 10.1. The number of phenolic OH excluding ortho intramolecular Hbond substituents is 1. The molecule has 0 heterocycles. The first kappa shape index (κ1) is 28.7. The molecule has 2 aromatic carbocycles. The maximum atomic E-state index is 13.6. The van der Waals surface area contributed by atoms with E-state index in [1.54, 1.807) is 20.8 Å². The van der Waals surface area contributed by atoms with E-state index in [1.165, 1.54) is 24.3 Å². The average Bonchev–Trinajstić information content (AvgIpc) is 2.82. The van der Waals surface area contributed by atoms with Gasteiger partial charge in [0.25, 0.3) is 5.91 Å². The van der Waals surface area contributed by atoms with Crippen molar-refractivity contribution in [3.63, 3.8) is 0 Å². The quantitative estimate of drug-likeness (QED) is 0.286. The van der Waals surface area contributed by atoms with Crippen molar-refractivity contribution in [3.05, 3.63) is 65.7 Å². The van der Waals surface area contributed by atoms with E-state index < -0.39 is 41.5 Å². The molecule has 10 nitrogen and oxygen atoms in total. The van der Waals surface area contributed by atoms with Gasteiger partial charge in [-0.3, -0.25) is 19.3 Å². The van der Waals surface area contributed by atoms with Crippen LogP contribution in [0.25, 0.3) is 0 Å². The van der Waals surface area contributed by atoms with E-state index in [2.05, 4.69) is 16.7 Å². The fourth-order valence-corrected chi connectivity index (χ4v) is 3.42. The van der Waals surface area contributed by atoms with E-state index in [4.69, 9.17) is 16.9 Å². The van der Waals surface area contributed by atoms with Crippen LogP contribution >= 0.6 is 0 Å². The van der Waals surface area contributed by atoms with E-state index in [-0.39, 0.29) is 30.7 Å². The van der Waals surface area contributed by atoms with Gasteiger partial charge in [-0.05, 0) is 50.5 Å². The van der Waals surface area contributed by atoms with Gasteiger partial charge in [0.15, 0.2) is 0 Å². The first-order valence-corrected chi connectivity index (χ1v) is 11.6. The van der Waals surface area contributed by atoms with E-state index >= 15 is 0 Å². The molecule has 0 aliphatic heterocycles. The lowest BCUT2D eigenvalue weighted by Crippen LogP contribution is -2.51. The Morgan fingerprint density at radius 3 is 2.35 bits per heavy atom. The standard InChI is InChI=1S/C27H32N4O6/c1-5-31(25(35)21(14-15-22(28)33)30-26(36)37-27(2,3)4)23(19-12-9-13-20(32)16-19)24(34)29-17-18-10-7-6-8-11-18/h1,6-13,16,21,23,32H,14-15,17H2,2-4H3,(H2,28,33)(H,29,34)(H,30,36). The molecular formula is C27H32N4O6. The first-order valence-electron chi connectivity index (χ1n) is 11.6. The number of hydrogen-bond acceptors (Lipinski definition) is 6. The van der Waals surface area contributed by atoms with Gasteiger partial charge in [-0.25, -0.2) is 4.79 Å². The number of hydrogen-bond donors (Lipinski definition) is 4. The molecule has 0 spiro atoms. The predicted molar refractivity (Wildman–Crippen MR) is 136 cm³/mol. The molecule has 2 unspecified atom stereocenters. The summed E-state index contributed by atoms with van der Waals surface area (Å²) in [7, 11) is 0. The van der Waals surface area contributed by atoms with Crippen LogP contribution in [0.5, 0.6) is 5.75 Å². The number of benzene rings is 2. The largest absolute Gasteiger partial charge is 0.508 e. The Morgan fingerprint density at radius 2 is 1.78 bits per heavy atom. The molecule has 2 aromatic rings. The normalized spacial score (nSPS) is 12.4. The molecular weight excluding hydrogens is 476 g/mol. The van der Waals surface area contributed by atoms with Crippen molar-refractivity contribution in [2.24, 2.45) is 5.73 Å². The van der Waals surface area contributed by atoms with Crippen LogP contribution in [-0.4, -0.2) is 45.5 Å². The van der Waals surface area contributed by atoms with Crippen LogP contribution in [0, 0.1) is 12.5 Å². The third kappa shape index (κ3) is 9.22. The fourth-order valence-electron chi connectivity index (χ4n) is 3.42. The maximum absolute atomic E-state index is 13.6. The van der Waals surface area contributed by atoms with Crippen LogP contribution in [0.2, 0.25) is 0 Å². The predicted octanol–water partition coefficient (Wildman–Crippen LogP) is 2.33. The monoisotopic (exact) mass is 508 g/mol. The van der Waals surface area contributed by atoms with Crippen LogP contribution in [0.4, 0.5) is 4.79 Å². The fraction of sp³-hybridized carbons (Fsp3) is 0.333. The highest BCUT2D eigenvalue weighted by molar-refractivity contribution is 5.93. The zero-order chi connectivity index (χ0) is 27.6. The summed E-state index contributed by atoms with van der Waals surface area (Å²) in [6, 6.07) is 14.4. The number of nitrogens with one attached hydrogen (secondary N) is 2. The molecule has 5 N–H and O–H groups in total. The summed E-state index contributed by atoms with van der Waals surface area (Å²) in [5, 5.41) is 15.2. The lowest BCUT2D eigenvalue weighted by Gasteiger charge is -2.30. The van der Waals surface area contributed by atoms with Crippen LogP contribution in [0.15, 0.2) is 54.6 Å². The Morgan fingerprint density at radius 1 is 1.11 bits per heavy atom. The van der Waals surface area contributed by atoms with Crippen molar-refractivity contribution in [3.8, 4) is 18.2 Å². The number of nitrogens with two attached hydrogens (primary N) is 1. The summed E-state index contributed by atoms with van der Waals surface area (Å²) >= 11 is 0. The Balaban J connectivity index is 2.39. The number of alkyl carbamates (subject to hydrolysis) is 1. The first-order chi connectivity index (χ1) is 17.4. The lowest BCUT2D eigenvalue weighted by atomic mass is 10.0. The molecule has 0 saturated heterocycles. The maximum Gasteiger partial charge on any atom is 0.408 e. The molecule has 2 atom stereocenters. The van der Waals surface area contributed by atoms with Gasteiger partial charge in [0.2, 0.25) is 11.8 Å². The van der Waals surface area contributed by atoms with E-state index in [1.807, 2.05) is 30.3 Å². The van der Waals surface area contributed by atoms with E-state index in [0.717, 1.165) is 10.5 Å². The zero-order valence-corrected chi connectivity index (χ0v) is 21.1. The number of nitrogens with zero attached hydrogens (tertiary/aromatic N) is 1. The minimum absolute atomic E-state index is 0.139. The second-order valence-corrected chi connectivity index (χ2v) is 9.24. The number of rotatable bonds is 10. The molecule has 0 radical (unpaired) electrons. The highest BCUT2D eigenvalue weighted by atomic mass is 16.6. The van der Waals surface area contributed by atoms with Gasteiger partial charge < -0.3 is 26.2 Å². The van der Waals surface area contributed by atoms with Crippen molar-refractivity contribution < 1.29 is 29.0 Å². The average molecular weight is 509 g/mol. The van der Waals surface area contributed by atoms with Gasteiger partial charge in [-0.1, -0.05) is 48.9 Å². The summed E-state index contributed by atoms with van der Waals surface area (Å²) in [5.74, 6) is -2.29. The number of phenols is 1. The summed E-state index contributed by atoms with van der Waals surface area (Å²) in [5.41, 5.74) is 5.45. The highest BCUT2D eigenvalue weighted by Gasteiger charge is 2.36. The second-order valence-electron chi connectivity index (χ2n) is 9.24. The minimum atomic E-state index is -1.36. The van der Waals surface area contributed by atoms with Gasteiger partial charge in [0, 0.05) is 19.0 Å². The number of primary amides is 1. The number of carbonyl (C=O) groups is 4. The Hall–Kier alpha value is -4.52. The van der Waals surface area contributed by atoms with E-state index in [0.29, 0.717) is 0 Å². The third-order valence-corrected chi connectivity index (χ3v) is 5.05. The van der Waals surface area contributed by atoms with Crippen molar-refractivity contribution in [2.45, 2.75) is 57.8 Å². The van der Waals surface area contributed by atoms with Crippen LogP contribution in [-0.2, 0) is 25.7 Å². The molecule has 10 heteroatoms. The molecule has 196 valence electrons. The summed E-state index contributed by atoms with van der Waals surface area (Å²) in [6.07, 6.45) is 4.38. The van der Waals surface area contributed by atoms with Crippen LogP contribution in [0.1, 0.15) is 50.8 Å². The number of carbonyl (C=O) groups excluding carboxylic acids is 4. The van der Waals surface area contributed by atoms with Gasteiger partial charge in [-0.15, -0.1) is 0 Å². The summed E-state index contributed by atoms with van der Waals surface area (Å²) < 4.78 is 5.23. The van der Waals surface area contributed by atoms with Gasteiger partial charge in [0.1, 0.15) is 23.4 Å². The molecule has 0 aromatic heterocycles. The van der Waals surface area contributed by atoms with Gasteiger partial charge in [0.05, 0.1) is 0 Å². The van der Waals surface area contributed by atoms with Crippen molar-refractivity contribution in [1.29, 1.82) is 0 Å². The minimum Gasteiger partial charge on any atom is -0.508 e. The molecule has 0 bridgehead atoms. The van der Waals surface area contributed by atoms with Crippen LogP contribution in [0.3, 0.4) is 0 Å². The number of ether oxygens (including phenoxy) is 1. The number of amides is 4. The SMILES string of the molecule is C#CN(C(=O)C(CCC(N)=O)NC(=O)OC(C)(C)C)C(C(=O)NCc1ccccc1)c1cccc(O)c1. The molecule has 2 rings (SSSR count). The highest BCUT2D eigenvalue weighted by Crippen LogP contribution is 2.25. The number of aromatic hydroxyl groups is 1. The van der Waals surface area contributed by atoms with E-state index in [9.17, 15) is 24.3 Å². The Labute approximate surface area is 216 Å². The Bertz CT molecular complexity index is 1150. The summed E-state index contributed by atoms with van der Waals surface area (Å²) in [6.45, 7) is 5.10. The van der Waals surface area contributed by atoms with Crippen molar-refractivity contribution in [2.75, 3.05) is 0 Å². The zero-order valence-electron chi connectivity index (χ0n) is 21.1. The van der Waals surface area contributed by atoms with Crippen molar-refractivity contribution in [1.82, 2.24) is 15.5 Å². The number of terminal acetylenes is 1. The molecule has 0 fully saturated rings. The van der Waals surface area contributed by atoms with Crippen molar-refractivity contribution >= 4 is 23.8 Å². The van der Waals surface area contributed by atoms with Gasteiger partial charge >= 0.3 is 6.09 Å². The van der Waals surface area contributed by atoms with Gasteiger partial charge in [-0.2, -0.15) is 0 Å². The smallest absolute Gasteiger partial charge is 0.408 e. The molecule has 37 heavy (non-hydrogen) atoms.